The van der Waals surface area contributed by atoms with Crippen molar-refractivity contribution in [3.8, 4) is 0 Å². The third-order valence-corrected chi connectivity index (χ3v) is 5.34. The van der Waals surface area contributed by atoms with Gasteiger partial charge < -0.3 is 4.98 Å². The number of H-pyrrole nitrogens is 1. The van der Waals surface area contributed by atoms with Crippen LogP contribution < -0.4 is 0 Å². The lowest BCUT2D eigenvalue weighted by Crippen LogP contribution is -1.86. The fraction of sp³-hybridized carbons (Fsp3) is 0.100. The molecule has 4 nitrogen and oxygen atoms in total. The van der Waals surface area contributed by atoms with E-state index >= 15 is 0 Å². The molecule has 0 atom stereocenters. The maximum Gasteiger partial charge on any atom is 0.181 e. The molecule has 0 saturated carbocycles. The highest BCUT2D eigenvalue weighted by molar-refractivity contribution is 9.10. The van der Waals surface area contributed by atoms with Gasteiger partial charge in [0.25, 0.3) is 0 Å². The summed E-state index contributed by atoms with van der Waals surface area (Å²) in [5.74, 6) is 0.892. The minimum absolute atomic E-state index is 0.716. The first kappa shape index (κ1) is 11.2. The van der Waals surface area contributed by atoms with E-state index in [4.69, 9.17) is 0 Å². The summed E-state index contributed by atoms with van der Waals surface area (Å²) in [6.45, 7) is 0. The molecule has 0 saturated heterocycles. The topological polar surface area (TPSA) is 54.5 Å². The molecule has 0 bridgehead atoms. The molecular formula is C10H7BrN4S2. The summed E-state index contributed by atoms with van der Waals surface area (Å²) in [5, 5.41) is 3.01. The van der Waals surface area contributed by atoms with Crippen LogP contribution in [0.2, 0.25) is 0 Å². The van der Waals surface area contributed by atoms with E-state index in [2.05, 4.69) is 47.3 Å². The van der Waals surface area contributed by atoms with Gasteiger partial charge in [0.15, 0.2) is 5.65 Å². The van der Waals surface area contributed by atoms with E-state index in [1.807, 2.05) is 0 Å². The number of hydrogen-bond acceptors (Lipinski definition) is 5. The van der Waals surface area contributed by atoms with Crippen LogP contribution in [-0.4, -0.2) is 19.9 Å². The summed E-state index contributed by atoms with van der Waals surface area (Å²) in [6.07, 6.45) is 3.19. The smallest absolute Gasteiger partial charge is 0.181 e. The maximum atomic E-state index is 4.28. The lowest BCUT2D eigenvalue weighted by Gasteiger charge is -2.00. The zero-order valence-electron chi connectivity index (χ0n) is 8.55. The number of aromatic nitrogens is 4. The number of hydrogen-bond donors (Lipinski definition) is 1. The molecule has 7 heteroatoms. The Labute approximate surface area is 114 Å². The second-order valence-electron chi connectivity index (χ2n) is 3.26. The lowest BCUT2D eigenvalue weighted by molar-refractivity contribution is 1.08. The quantitative estimate of drug-likeness (QED) is 0.591. The van der Waals surface area contributed by atoms with Crippen LogP contribution >= 0.6 is 39.0 Å². The number of rotatable bonds is 3. The minimum atomic E-state index is 0.716. The molecule has 0 spiro atoms. The highest BCUT2D eigenvalue weighted by Crippen LogP contribution is 2.31. The molecule has 0 aliphatic rings. The summed E-state index contributed by atoms with van der Waals surface area (Å²) in [6, 6.07) is 2.06. The van der Waals surface area contributed by atoms with Crippen molar-refractivity contribution in [2.75, 3.05) is 0 Å². The molecule has 0 amide bonds. The summed E-state index contributed by atoms with van der Waals surface area (Å²) in [5.41, 5.74) is 1.62. The molecule has 3 aromatic rings. The third kappa shape index (κ3) is 2.22. The molecule has 0 unspecified atom stereocenters. The highest BCUT2D eigenvalue weighted by Gasteiger charge is 2.08. The van der Waals surface area contributed by atoms with Gasteiger partial charge >= 0.3 is 0 Å². The average molecular weight is 327 g/mol. The van der Waals surface area contributed by atoms with Crippen LogP contribution in [0.4, 0.5) is 0 Å². The van der Waals surface area contributed by atoms with Crippen molar-refractivity contribution in [1.29, 1.82) is 0 Å². The van der Waals surface area contributed by atoms with Gasteiger partial charge in [0.2, 0.25) is 0 Å². The van der Waals surface area contributed by atoms with Gasteiger partial charge in [0.1, 0.15) is 16.9 Å². The SMILES string of the molecule is Brc1ccsc1CSc1ncnc2nc[nH]c12. The van der Waals surface area contributed by atoms with E-state index in [0.29, 0.717) is 5.65 Å². The largest absolute Gasteiger partial charge is 0.341 e. The summed E-state index contributed by atoms with van der Waals surface area (Å²) < 4.78 is 1.16. The maximum absolute atomic E-state index is 4.28. The van der Waals surface area contributed by atoms with Gasteiger partial charge in [-0.15, -0.1) is 11.3 Å². The monoisotopic (exact) mass is 326 g/mol. The van der Waals surface area contributed by atoms with Crippen LogP contribution in [0.5, 0.6) is 0 Å². The zero-order valence-corrected chi connectivity index (χ0v) is 11.8. The summed E-state index contributed by atoms with van der Waals surface area (Å²) in [7, 11) is 0. The molecule has 3 aromatic heterocycles. The summed E-state index contributed by atoms with van der Waals surface area (Å²) >= 11 is 6.95. The van der Waals surface area contributed by atoms with Crippen LogP contribution in [-0.2, 0) is 5.75 Å². The Hall–Kier alpha value is -0.920. The first-order chi connectivity index (χ1) is 8.34. The Bertz CT molecular complexity index is 648. The molecular weight excluding hydrogens is 320 g/mol. The average Bonchev–Trinajstić information content (AvgIpc) is 2.95. The number of fused-ring (bicyclic) bond motifs is 1. The van der Waals surface area contributed by atoms with Crippen molar-refractivity contribution < 1.29 is 0 Å². The fourth-order valence-corrected chi connectivity index (χ4v) is 4.17. The fourth-order valence-electron chi connectivity index (χ4n) is 1.41. The molecule has 3 rings (SSSR count). The molecule has 1 N–H and O–H groups in total. The molecule has 3 heterocycles. The van der Waals surface area contributed by atoms with Crippen LogP contribution in [0.15, 0.2) is 33.6 Å². The Morgan fingerprint density at radius 1 is 1.35 bits per heavy atom. The molecule has 0 aliphatic carbocycles. The summed E-state index contributed by atoms with van der Waals surface area (Å²) in [4.78, 5) is 16.9. The van der Waals surface area contributed by atoms with Crippen LogP contribution in [0.3, 0.4) is 0 Å². The number of nitrogens with zero attached hydrogens (tertiary/aromatic N) is 3. The lowest BCUT2D eigenvalue weighted by atomic mass is 10.5. The predicted octanol–water partition coefficient (Wildman–Crippen LogP) is 3.47. The number of aromatic amines is 1. The number of halogens is 1. The van der Waals surface area contributed by atoms with Crippen LogP contribution in [0.25, 0.3) is 11.2 Å². The van der Waals surface area contributed by atoms with E-state index in [-0.39, 0.29) is 0 Å². The minimum Gasteiger partial charge on any atom is -0.341 e. The van der Waals surface area contributed by atoms with Crippen LogP contribution in [0.1, 0.15) is 4.88 Å². The Morgan fingerprint density at radius 2 is 2.29 bits per heavy atom. The number of nitrogens with one attached hydrogen (secondary N) is 1. The van der Waals surface area contributed by atoms with E-state index in [0.717, 1.165) is 20.8 Å². The van der Waals surface area contributed by atoms with Crippen molar-refractivity contribution in [3.05, 3.63) is 33.5 Å². The number of thioether (sulfide) groups is 1. The van der Waals surface area contributed by atoms with Gasteiger partial charge in [-0.2, -0.15) is 0 Å². The van der Waals surface area contributed by atoms with E-state index in [9.17, 15) is 0 Å². The molecule has 0 radical (unpaired) electrons. The van der Waals surface area contributed by atoms with E-state index in [1.165, 1.54) is 4.88 Å². The van der Waals surface area contributed by atoms with Gasteiger partial charge in [-0.05, 0) is 27.4 Å². The second kappa shape index (κ2) is 4.75. The third-order valence-electron chi connectivity index (χ3n) is 2.22. The van der Waals surface area contributed by atoms with Gasteiger partial charge in [-0.25, -0.2) is 15.0 Å². The number of imidazole rings is 1. The standard InChI is InChI=1S/C10H7BrN4S2/c11-6-1-2-16-7(6)3-17-10-8-9(13-4-12-8)14-5-15-10/h1-2,4-5H,3H2,(H,12,13,14,15). The van der Waals surface area contributed by atoms with Crippen LogP contribution in [0, 0.1) is 0 Å². The van der Waals surface area contributed by atoms with Crippen molar-refractivity contribution in [3.63, 3.8) is 0 Å². The first-order valence-electron chi connectivity index (χ1n) is 4.83. The van der Waals surface area contributed by atoms with Gasteiger partial charge in [0, 0.05) is 15.1 Å². The van der Waals surface area contributed by atoms with Gasteiger partial charge in [0.05, 0.1) is 6.33 Å². The molecule has 17 heavy (non-hydrogen) atoms. The Kier molecular flexibility index (Phi) is 3.13. The number of thiophene rings is 1. The molecule has 86 valence electrons. The Balaban J connectivity index is 1.86. The molecule has 0 aliphatic heterocycles. The predicted molar refractivity (Wildman–Crippen MR) is 73.3 cm³/mol. The Morgan fingerprint density at radius 3 is 3.12 bits per heavy atom. The van der Waals surface area contributed by atoms with E-state index in [1.54, 1.807) is 35.8 Å². The van der Waals surface area contributed by atoms with Gasteiger partial charge in [-0.3, -0.25) is 0 Å². The normalized spacial score (nSPS) is 11.1. The van der Waals surface area contributed by atoms with Crippen molar-refractivity contribution in [2.24, 2.45) is 0 Å². The molecule has 0 aromatic carbocycles. The highest BCUT2D eigenvalue weighted by atomic mass is 79.9. The van der Waals surface area contributed by atoms with E-state index < -0.39 is 0 Å². The molecule has 0 fully saturated rings. The second-order valence-corrected chi connectivity index (χ2v) is 6.08. The van der Waals surface area contributed by atoms with Crippen molar-refractivity contribution in [2.45, 2.75) is 10.8 Å². The zero-order chi connectivity index (χ0) is 11.7. The van der Waals surface area contributed by atoms with Crippen molar-refractivity contribution in [1.82, 2.24) is 19.9 Å². The van der Waals surface area contributed by atoms with Gasteiger partial charge in [-0.1, -0.05) is 11.8 Å². The first-order valence-corrected chi connectivity index (χ1v) is 7.49. The van der Waals surface area contributed by atoms with Crippen molar-refractivity contribution >= 4 is 50.2 Å².